The molecule has 0 spiro atoms. The van der Waals surface area contributed by atoms with Gasteiger partial charge in [-0.15, -0.1) is 0 Å². The van der Waals surface area contributed by atoms with Gasteiger partial charge in [0, 0.05) is 29.1 Å². The summed E-state index contributed by atoms with van der Waals surface area (Å²) in [5, 5.41) is 3.85. The van der Waals surface area contributed by atoms with Gasteiger partial charge >= 0.3 is 0 Å². The Morgan fingerprint density at radius 2 is 1.64 bits per heavy atom. The number of hydrogen-bond donors (Lipinski definition) is 1. The van der Waals surface area contributed by atoms with Crippen molar-refractivity contribution in [3.8, 4) is 0 Å². The fourth-order valence-corrected chi connectivity index (χ4v) is 12.2. The topological polar surface area (TPSA) is 24.5 Å². The molecule has 1 fully saturated rings. The van der Waals surface area contributed by atoms with Crippen LogP contribution in [0.2, 0.25) is 0 Å². The van der Waals surface area contributed by atoms with Crippen LogP contribution in [0.3, 0.4) is 0 Å². The molecule has 11 atom stereocenters. The molecular weight excluding hydrogens is 609 g/mol. The maximum absolute atomic E-state index is 7.22. The third kappa shape index (κ3) is 4.61. The van der Waals surface area contributed by atoms with Crippen LogP contribution in [0.25, 0.3) is 0 Å². The second-order valence-electron chi connectivity index (χ2n) is 16.7. The van der Waals surface area contributed by atoms with E-state index in [1.54, 1.807) is 22.4 Å². The molecule has 0 radical (unpaired) electrons. The van der Waals surface area contributed by atoms with Gasteiger partial charge in [0.2, 0.25) is 0 Å². The molecule has 3 nitrogen and oxygen atoms in total. The molecule has 0 amide bonds. The van der Waals surface area contributed by atoms with Crippen molar-refractivity contribution in [3.63, 3.8) is 0 Å². The normalized spacial score (nSPS) is 39.0. The van der Waals surface area contributed by atoms with Crippen molar-refractivity contribution in [2.45, 2.75) is 93.9 Å². The first kappa shape index (κ1) is 30.0. The molecule has 9 aliphatic rings. The van der Waals surface area contributed by atoms with Gasteiger partial charge < -0.3 is 15.0 Å². The van der Waals surface area contributed by atoms with Crippen molar-refractivity contribution in [3.05, 3.63) is 148 Å². The zero-order valence-electron chi connectivity index (χ0n) is 29.2. The molecule has 11 rings (SSSR count). The minimum absolute atomic E-state index is 0.203. The lowest BCUT2D eigenvalue weighted by Gasteiger charge is -2.44. The van der Waals surface area contributed by atoms with Gasteiger partial charge in [0.05, 0.1) is 24.3 Å². The summed E-state index contributed by atoms with van der Waals surface area (Å²) in [7, 11) is 0. The Kier molecular flexibility index (Phi) is 7.18. The molecule has 1 N–H and O–H groups in total. The van der Waals surface area contributed by atoms with Gasteiger partial charge in [-0.1, -0.05) is 103 Å². The van der Waals surface area contributed by atoms with Gasteiger partial charge in [-0.2, -0.15) is 0 Å². The van der Waals surface area contributed by atoms with Gasteiger partial charge in [-0.25, -0.2) is 0 Å². The maximum Gasteiger partial charge on any atom is 0.0867 e. The Labute approximate surface area is 298 Å². The van der Waals surface area contributed by atoms with Crippen molar-refractivity contribution < 1.29 is 4.74 Å². The minimum atomic E-state index is 0.203. The average Bonchev–Trinajstić information content (AvgIpc) is 3.74. The molecular formula is C47H50N2O. The largest absolute Gasteiger partial charge is 0.369 e. The Balaban J connectivity index is 0.900. The summed E-state index contributed by atoms with van der Waals surface area (Å²) in [6, 6.07) is 19.6. The molecule has 3 heterocycles. The van der Waals surface area contributed by atoms with E-state index in [1.165, 1.54) is 60.9 Å². The first-order chi connectivity index (χ1) is 24.8. The number of nitrogens with one attached hydrogen (secondary N) is 1. The number of benzene rings is 2. The number of hydrogen-bond acceptors (Lipinski definition) is 3. The first-order valence-corrected chi connectivity index (χ1v) is 20.0. The predicted octanol–water partition coefficient (Wildman–Crippen LogP) is 10.2. The molecule has 3 heteroatoms. The first-order valence-electron chi connectivity index (χ1n) is 20.0. The third-order valence-corrected chi connectivity index (χ3v) is 14.4. The Morgan fingerprint density at radius 1 is 0.740 bits per heavy atom. The predicted molar refractivity (Wildman–Crippen MR) is 203 cm³/mol. The smallest absolute Gasteiger partial charge is 0.0867 e. The van der Waals surface area contributed by atoms with Crippen LogP contribution < -0.4 is 10.2 Å². The van der Waals surface area contributed by atoms with Crippen LogP contribution in [-0.4, -0.2) is 24.7 Å². The molecule has 50 heavy (non-hydrogen) atoms. The van der Waals surface area contributed by atoms with Crippen LogP contribution in [0, 0.1) is 29.6 Å². The zero-order valence-corrected chi connectivity index (χ0v) is 29.2. The summed E-state index contributed by atoms with van der Waals surface area (Å²) >= 11 is 0. The van der Waals surface area contributed by atoms with E-state index in [-0.39, 0.29) is 6.10 Å². The van der Waals surface area contributed by atoms with E-state index in [0.717, 1.165) is 25.8 Å². The lowest BCUT2D eigenvalue weighted by Crippen LogP contribution is -2.41. The second kappa shape index (κ2) is 12.0. The van der Waals surface area contributed by atoms with Crippen molar-refractivity contribution in [1.29, 1.82) is 0 Å². The standard InChI is InChI=1S/C47H50N2O/c1-2-16-37-34(13-1)38(33-11-7-10-31(26-33)32-24-22-29-21-23-30-12-9-25-48-46(30)39(29)27-32)28-40-45-43(19-8-20-44(45)50-47(37)40)49-41-17-5-3-14-35(41)36-15-4-6-18-42(36)49/h1-3,5-7,11-14,16-19,21-24,31-33,36,38,40,42,44-48H,4,8-10,15,20,25-28H2. The van der Waals surface area contributed by atoms with Gasteiger partial charge in [0.1, 0.15) is 0 Å². The Bertz CT molecular complexity index is 1920. The maximum atomic E-state index is 7.22. The van der Waals surface area contributed by atoms with Gasteiger partial charge in [-0.05, 0) is 127 Å². The molecule has 2 aromatic carbocycles. The second-order valence-corrected chi connectivity index (χ2v) is 16.7. The number of allylic oxidation sites excluding steroid dienone is 8. The summed E-state index contributed by atoms with van der Waals surface area (Å²) in [5.41, 5.74) is 12.2. The molecule has 0 bridgehead atoms. The molecule has 6 aliphatic carbocycles. The molecule has 0 saturated carbocycles. The lowest BCUT2D eigenvalue weighted by atomic mass is 9.62. The highest BCUT2D eigenvalue weighted by Crippen LogP contribution is 2.61. The van der Waals surface area contributed by atoms with E-state index in [0.29, 0.717) is 59.6 Å². The Morgan fingerprint density at radius 3 is 2.60 bits per heavy atom. The highest BCUT2D eigenvalue weighted by molar-refractivity contribution is 5.68. The molecule has 2 aromatic rings. The van der Waals surface area contributed by atoms with Gasteiger partial charge in [0.15, 0.2) is 0 Å². The van der Waals surface area contributed by atoms with Crippen LogP contribution in [0.5, 0.6) is 0 Å². The average molecular weight is 659 g/mol. The summed E-state index contributed by atoms with van der Waals surface area (Å²) in [6.07, 6.45) is 36.3. The highest BCUT2D eigenvalue weighted by atomic mass is 16.5. The van der Waals surface area contributed by atoms with Crippen molar-refractivity contribution >= 4 is 5.69 Å². The van der Waals surface area contributed by atoms with Crippen LogP contribution in [-0.2, 0) is 4.74 Å². The van der Waals surface area contributed by atoms with E-state index in [2.05, 4.69) is 120 Å². The molecule has 1 saturated heterocycles. The van der Waals surface area contributed by atoms with E-state index in [4.69, 9.17) is 4.74 Å². The number of anilines is 1. The summed E-state index contributed by atoms with van der Waals surface area (Å²) in [5.74, 6) is 3.98. The fraction of sp³-hybridized carbons (Fsp3) is 0.447. The van der Waals surface area contributed by atoms with Crippen LogP contribution in [0.4, 0.5) is 5.69 Å². The van der Waals surface area contributed by atoms with E-state index in [9.17, 15) is 0 Å². The molecule has 254 valence electrons. The summed E-state index contributed by atoms with van der Waals surface area (Å²) < 4.78 is 7.22. The molecule has 11 unspecified atom stereocenters. The summed E-state index contributed by atoms with van der Waals surface area (Å²) in [6.45, 7) is 1.09. The van der Waals surface area contributed by atoms with Gasteiger partial charge in [0.25, 0.3) is 0 Å². The summed E-state index contributed by atoms with van der Waals surface area (Å²) in [4.78, 5) is 2.78. The minimum Gasteiger partial charge on any atom is -0.369 e. The zero-order chi connectivity index (χ0) is 32.8. The number of nitrogens with zero attached hydrogens (tertiary/aromatic N) is 1. The highest BCUT2D eigenvalue weighted by Gasteiger charge is 2.54. The number of rotatable bonds is 3. The molecule has 3 aliphatic heterocycles. The van der Waals surface area contributed by atoms with Crippen LogP contribution in [0.1, 0.15) is 92.4 Å². The SMILES string of the molecule is C1=CC2C(CC1)c1ccccc1N2C1=CCCC2OC3c4ccccc4C(C4C=CCC(C5C=CC6=C(C5)C5NCCC=C5C=C6)C4)CC3C12. The lowest BCUT2D eigenvalue weighted by molar-refractivity contribution is 0.0181. The van der Waals surface area contributed by atoms with Crippen molar-refractivity contribution in [2.24, 2.45) is 29.6 Å². The van der Waals surface area contributed by atoms with Crippen molar-refractivity contribution in [1.82, 2.24) is 5.32 Å². The number of para-hydroxylation sites is 1. The van der Waals surface area contributed by atoms with E-state index < -0.39 is 0 Å². The fourth-order valence-electron chi connectivity index (χ4n) is 12.2. The third-order valence-electron chi connectivity index (χ3n) is 14.4. The van der Waals surface area contributed by atoms with E-state index >= 15 is 0 Å². The van der Waals surface area contributed by atoms with E-state index in [1.807, 2.05) is 0 Å². The van der Waals surface area contributed by atoms with Crippen LogP contribution in [0.15, 0.2) is 132 Å². The quantitative estimate of drug-likeness (QED) is 0.332. The molecule has 0 aromatic heterocycles. The van der Waals surface area contributed by atoms with Gasteiger partial charge in [-0.3, -0.25) is 0 Å². The van der Waals surface area contributed by atoms with Crippen molar-refractivity contribution in [2.75, 3.05) is 11.4 Å². The number of ether oxygens (including phenoxy) is 1. The number of fused-ring (bicyclic) bond motifs is 10. The Hall–Kier alpha value is -3.66. The van der Waals surface area contributed by atoms with Crippen LogP contribution >= 0.6 is 0 Å². The monoisotopic (exact) mass is 658 g/mol.